The maximum absolute atomic E-state index is 12.8. The quantitative estimate of drug-likeness (QED) is 0.207. The van der Waals surface area contributed by atoms with Crippen molar-refractivity contribution >= 4 is 11.7 Å². The zero-order valence-electron chi connectivity index (χ0n) is 19.5. The Morgan fingerprint density at radius 1 is 0.833 bits per heavy atom. The molecule has 36 heavy (non-hydrogen) atoms. The van der Waals surface area contributed by atoms with Gasteiger partial charge in [-0.05, 0) is 46.4 Å². The van der Waals surface area contributed by atoms with E-state index >= 15 is 0 Å². The van der Waals surface area contributed by atoms with Crippen molar-refractivity contribution in [2.75, 3.05) is 13.1 Å². The molecule has 1 aliphatic heterocycles. The number of ether oxygens (including phenoxy) is 1. The van der Waals surface area contributed by atoms with Crippen molar-refractivity contribution in [3.63, 3.8) is 0 Å². The standard InChI is InChI=1S/C30H24N2O4/c33-29(21-14-16-23(17-15-21)32(34)35)36-24-18-19-31(20-24)30(22-8-2-1-3-9-22)27-12-6-4-10-25(27)26-11-5-7-13-28(26)30/h1-17,24H,18-20H2. The molecule has 6 nitrogen and oxygen atoms in total. The van der Waals surface area contributed by atoms with E-state index in [1.807, 2.05) is 6.07 Å². The number of rotatable bonds is 5. The molecule has 1 fully saturated rings. The Hall–Kier alpha value is -4.29. The van der Waals surface area contributed by atoms with Crippen molar-refractivity contribution < 1.29 is 14.5 Å². The highest BCUT2D eigenvalue weighted by Gasteiger charge is 2.51. The van der Waals surface area contributed by atoms with Crippen LogP contribution in [0.3, 0.4) is 0 Å². The van der Waals surface area contributed by atoms with E-state index in [1.54, 1.807) is 0 Å². The molecule has 1 unspecified atom stereocenters. The number of carbonyl (C=O) groups is 1. The second-order valence-corrected chi connectivity index (χ2v) is 9.23. The summed E-state index contributed by atoms with van der Waals surface area (Å²) in [5.74, 6) is -0.460. The van der Waals surface area contributed by atoms with Gasteiger partial charge in [0.15, 0.2) is 0 Å². The van der Waals surface area contributed by atoms with E-state index in [4.69, 9.17) is 4.74 Å². The first-order valence-electron chi connectivity index (χ1n) is 12.0. The van der Waals surface area contributed by atoms with E-state index < -0.39 is 16.4 Å². The molecule has 0 N–H and O–H groups in total. The number of hydrogen-bond acceptors (Lipinski definition) is 5. The van der Waals surface area contributed by atoms with Gasteiger partial charge in [0.05, 0.1) is 16.0 Å². The van der Waals surface area contributed by atoms with E-state index in [1.165, 1.54) is 52.1 Å². The van der Waals surface area contributed by atoms with Crippen molar-refractivity contribution in [1.29, 1.82) is 0 Å². The Bertz CT molecular complexity index is 1400. The molecular formula is C30H24N2O4. The summed E-state index contributed by atoms with van der Waals surface area (Å²) < 4.78 is 5.89. The lowest BCUT2D eigenvalue weighted by Crippen LogP contribution is -2.46. The summed E-state index contributed by atoms with van der Waals surface area (Å²) in [7, 11) is 0. The van der Waals surface area contributed by atoms with Crippen molar-refractivity contribution in [3.8, 4) is 11.1 Å². The fourth-order valence-corrected chi connectivity index (χ4v) is 5.79. The van der Waals surface area contributed by atoms with Crippen molar-refractivity contribution in [1.82, 2.24) is 4.90 Å². The lowest BCUT2D eigenvalue weighted by molar-refractivity contribution is -0.384. The third-order valence-electron chi connectivity index (χ3n) is 7.32. The smallest absolute Gasteiger partial charge is 0.338 e. The summed E-state index contributed by atoms with van der Waals surface area (Å²) in [6.45, 7) is 1.34. The largest absolute Gasteiger partial charge is 0.457 e. The highest BCUT2D eigenvalue weighted by molar-refractivity contribution is 5.89. The predicted octanol–water partition coefficient (Wildman–Crippen LogP) is 5.80. The van der Waals surface area contributed by atoms with Crippen LogP contribution in [0, 0.1) is 10.1 Å². The van der Waals surface area contributed by atoms with Crippen LogP contribution in [-0.4, -0.2) is 35.0 Å². The highest BCUT2D eigenvalue weighted by Crippen LogP contribution is 2.55. The van der Waals surface area contributed by atoms with Gasteiger partial charge in [-0.2, -0.15) is 0 Å². The molecule has 0 aromatic heterocycles. The van der Waals surface area contributed by atoms with E-state index in [2.05, 4.69) is 77.7 Å². The van der Waals surface area contributed by atoms with Crippen molar-refractivity contribution in [3.05, 3.63) is 135 Å². The van der Waals surface area contributed by atoms with Gasteiger partial charge in [-0.15, -0.1) is 0 Å². The second-order valence-electron chi connectivity index (χ2n) is 9.23. The second kappa shape index (κ2) is 8.73. The lowest BCUT2D eigenvalue weighted by Gasteiger charge is -2.41. The van der Waals surface area contributed by atoms with E-state index in [-0.39, 0.29) is 11.8 Å². The zero-order valence-corrected chi connectivity index (χ0v) is 19.5. The van der Waals surface area contributed by atoms with Crippen LogP contribution in [-0.2, 0) is 10.3 Å². The van der Waals surface area contributed by atoms with Gasteiger partial charge in [0, 0.05) is 25.2 Å². The molecule has 4 aromatic rings. The monoisotopic (exact) mass is 476 g/mol. The van der Waals surface area contributed by atoms with E-state index in [0.29, 0.717) is 18.5 Å². The maximum Gasteiger partial charge on any atom is 0.338 e. The fourth-order valence-electron chi connectivity index (χ4n) is 5.79. The van der Waals surface area contributed by atoms with Crippen LogP contribution in [0.2, 0.25) is 0 Å². The molecule has 1 atom stereocenters. The Labute approximate surface area is 208 Å². The van der Waals surface area contributed by atoms with E-state index in [9.17, 15) is 14.9 Å². The molecule has 1 heterocycles. The summed E-state index contributed by atoms with van der Waals surface area (Å²) in [4.78, 5) is 25.7. The third kappa shape index (κ3) is 3.41. The van der Waals surface area contributed by atoms with Gasteiger partial charge < -0.3 is 4.74 Å². The number of esters is 1. The average molecular weight is 477 g/mol. The lowest BCUT2D eigenvalue weighted by atomic mass is 9.79. The van der Waals surface area contributed by atoms with Crippen LogP contribution in [0.15, 0.2) is 103 Å². The Balaban J connectivity index is 1.35. The summed E-state index contributed by atoms with van der Waals surface area (Å²) >= 11 is 0. The first-order valence-corrected chi connectivity index (χ1v) is 12.0. The minimum absolute atomic E-state index is 0.0537. The molecule has 2 aliphatic rings. The van der Waals surface area contributed by atoms with Gasteiger partial charge in [0.1, 0.15) is 6.10 Å². The zero-order chi connectivity index (χ0) is 24.7. The number of non-ortho nitro benzene ring substituents is 1. The molecule has 178 valence electrons. The molecule has 0 saturated carbocycles. The summed E-state index contributed by atoms with van der Waals surface area (Å²) in [6, 6.07) is 33.2. The van der Waals surface area contributed by atoms with Crippen molar-refractivity contribution in [2.45, 2.75) is 18.1 Å². The number of nitro groups is 1. The summed E-state index contributed by atoms with van der Waals surface area (Å²) in [5.41, 5.74) is 5.88. The molecular weight excluding hydrogens is 452 g/mol. The molecule has 1 saturated heterocycles. The highest BCUT2D eigenvalue weighted by atomic mass is 16.6. The summed E-state index contributed by atoms with van der Waals surface area (Å²) in [5, 5.41) is 10.9. The first-order chi connectivity index (χ1) is 17.6. The molecule has 0 spiro atoms. The van der Waals surface area contributed by atoms with Crippen molar-refractivity contribution in [2.24, 2.45) is 0 Å². The molecule has 0 bridgehead atoms. The van der Waals surface area contributed by atoms with Gasteiger partial charge in [-0.25, -0.2) is 4.79 Å². The Morgan fingerprint density at radius 2 is 1.42 bits per heavy atom. The average Bonchev–Trinajstić information content (AvgIpc) is 3.50. The van der Waals surface area contributed by atoms with Crippen LogP contribution in [0.1, 0.15) is 33.5 Å². The summed E-state index contributed by atoms with van der Waals surface area (Å²) in [6.07, 6.45) is 0.422. The van der Waals surface area contributed by atoms with Gasteiger partial charge >= 0.3 is 5.97 Å². The molecule has 6 heteroatoms. The number of nitrogens with zero attached hydrogens (tertiary/aromatic N) is 2. The Kier molecular flexibility index (Phi) is 5.38. The van der Waals surface area contributed by atoms with Crippen LogP contribution in [0.4, 0.5) is 5.69 Å². The van der Waals surface area contributed by atoms with Crippen LogP contribution in [0.5, 0.6) is 0 Å². The number of likely N-dealkylation sites (tertiary alicyclic amines) is 1. The number of nitro benzene ring substituents is 1. The van der Waals surface area contributed by atoms with Crippen LogP contribution >= 0.6 is 0 Å². The predicted molar refractivity (Wildman–Crippen MR) is 137 cm³/mol. The number of fused-ring (bicyclic) bond motifs is 3. The SMILES string of the molecule is O=C(OC1CCN(C2(c3ccccc3)c3ccccc3-c3ccccc32)C1)c1ccc([N+](=O)[O-])cc1. The molecule has 0 radical (unpaired) electrons. The molecule has 6 rings (SSSR count). The Morgan fingerprint density at radius 3 is 2.03 bits per heavy atom. The first kappa shape index (κ1) is 22.2. The fraction of sp³-hybridized carbons (Fsp3) is 0.167. The minimum Gasteiger partial charge on any atom is -0.457 e. The van der Waals surface area contributed by atoms with Crippen LogP contribution in [0.25, 0.3) is 11.1 Å². The van der Waals surface area contributed by atoms with Crippen LogP contribution < -0.4 is 0 Å². The molecule has 4 aromatic carbocycles. The molecule has 0 amide bonds. The van der Waals surface area contributed by atoms with Gasteiger partial charge in [-0.3, -0.25) is 15.0 Å². The number of hydrogen-bond donors (Lipinski definition) is 0. The topological polar surface area (TPSA) is 72.7 Å². The van der Waals surface area contributed by atoms with Gasteiger partial charge in [-0.1, -0.05) is 78.9 Å². The normalized spacial score (nSPS) is 17.8. The van der Waals surface area contributed by atoms with Gasteiger partial charge in [0.2, 0.25) is 0 Å². The number of carbonyl (C=O) groups excluding carboxylic acids is 1. The maximum atomic E-state index is 12.8. The molecule has 1 aliphatic carbocycles. The van der Waals surface area contributed by atoms with Gasteiger partial charge in [0.25, 0.3) is 5.69 Å². The minimum atomic E-state index is -0.483. The third-order valence-corrected chi connectivity index (χ3v) is 7.32. The number of benzene rings is 4. The van der Waals surface area contributed by atoms with E-state index in [0.717, 1.165) is 6.54 Å².